The fraction of sp³-hybridized carbons (Fsp3) is 0.471. The van der Waals surface area contributed by atoms with Crippen LogP contribution in [0.2, 0.25) is 0 Å². The second kappa shape index (κ2) is 7.93. The minimum absolute atomic E-state index is 0.122. The van der Waals surface area contributed by atoms with E-state index in [1.807, 2.05) is 29.2 Å². The number of hydrogen-bond donors (Lipinski definition) is 1. The zero-order chi connectivity index (χ0) is 15.1. The number of nitrogens with zero attached hydrogens (tertiary/aromatic N) is 2. The van der Waals surface area contributed by atoms with E-state index in [2.05, 4.69) is 24.3 Å². The van der Waals surface area contributed by atoms with Crippen molar-refractivity contribution in [1.82, 2.24) is 15.1 Å². The average Bonchev–Trinajstić information content (AvgIpc) is 2.95. The highest BCUT2D eigenvalue weighted by molar-refractivity contribution is 5.24. The minimum Gasteiger partial charge on any atom is -0.316 e. The van der Waals surface area contributed by atoms with Crippen LogP contribution in [-0.2, 0) is 13.0 Å². The zero-order valence-corrected chi connectivity index (χ0v) is 12.8. The van der Waals surface area contributed by atoms with Gasteiger partial charge >= 0.3 is 0 Å². The summed E-state index contributed by atoms with van der Waals surface area (Å²) in [4.78, 5) is 0. The number of aryl methyl sites for hydroxylation is 1. The van der Waals surface area contributed by atoms with Crippen molar-refractivity contribution in [3.05, 3.63) is 53.6 Å². The van der Waals surface area contributed by atoms with Crippen LogP contribution >= 0.6 is 0 Å². The molecule has 4 heteroatoms. The molecule has 1 aromatic heterocycles. The van der Waals surface area contributed by atoms with Gasteiger partial charge in [0.1, 0.15) is 5.82 Å². The number of rotatable bonds is 8. The highest BCUT2D eigenvalue weighted by atomic mass is 19.1. The molecule has 0 aliphatic rings. The van der Waals surface area contributed by atoms with Crippen LogP contribution in [0.5, 0.6) is 0 Å². The second-order valence-electron chi connectivity index (χ2n) is 5.33. The molecule has 0 spiro atoms. The Morgan fingerprint density at radius 2 is 2.10 bits per heavy atom. The summed E-state index contributed by atoms with van der Waals surface area (Å²) in [6, 6.07) is 7.07. The van der Waals surface area contributed by atoms with E-state index in [4.69, 9.17) is 0 Å². The van der Waals surface area contributed by atoms with Crippen molar-refractivity contribution in [2.75, 3.05) is 13.1 Å². The lowest BCUT2D eigenvalue weighted by Crippen LogP contribution is -2.24. The van der Waals surface area contributed by atoms with Gasteiger partial charge in [0, 0.05) is 25.2 Å². The van der Waals surface area contributed by atoms with E-state index in [1.54, 1.807) is 6.07 Å². The molecule has 0 aliphatic carbocycles. The lowest BCUT2D eigenvalue weighted by atomic mass is 9.92. The van der Waals surface area contributed by atoms with E-state index in [1.165, 1.54) is 6.07 Å². The van der Waals surface area contributed by atoms with Gasteiger partial charge in [0.15, 0.2) is 0 Å². The predicted molar refractivity (Wildman–Crippen MR) is 83.9 cm³/mol. The van der Waals surface area contributed by atoms with Crippen LogP contribution in [0, 0.1) is 5.82 Å². The highest BCUT2D eigenvalue weighted by Gasteiger charge is 2.16. The summed E-state index contributed by atoms with van der Waals surface area (Å²) in [5.41, 5.74) is 1.94. The summed E-state index contributed by atoms with van der Waals surface area (Å²) in [6.07, 6.45) is 5.82. The molecule has 0 amide bonds. The fourth-order valence-corrected chi connectivity index (χ4v) is 2.52. The molecule has 0 bridgehead atoms. The Bertz CT molecular complexity index is 550. The van der Waals surface area contributed by atoms with Crippen LogP contribution in [0.3, 0.4) is 0 Å². The van der Waals surface area contributed by atoms with Crippen molar-refractivity contribution in [3.63, 3.8) is 0 Å². The van der Waals surface area contributed by atoms with Gasteiger partial charge < -0.3 is 5.32 Å². The number of nitrogens with one attached hydrogen (secondary N) is 1. The minimum atomic E-state index is -0.122. The molecule has 1 N–H and O–H groups in total. The maximum Gasteiger partial charge on any atom is 0.126 e. The van der Waals surface area contributed by atoms with Gasteiger partial charge in [-0.2, -0.15) is 5.10 Å². The van der Waals surface area contributed by atoms with Crippen LogP contribution in [-0.4, -0.2) is 22.9 Å². The van der Waals surface area contributed by atoms with E-state index in [0.717, 1.165) is 43.6 Å². The van der Waals surface area contributed by atoms with Gasteiger partial charge in [-0.15, -0.1) is 0 Å². The number of hydrogen-bond acceptors (Lipinski definition) is 2. The first-order valence-electron chi connectivity index (χ1n) is 7.71. The lowest BCUT2D eigenvalue weighted by molar-refractivity contribution is 0.536. The van der Waals surface area contributed by atoms with Gasteiger partial charge in [-0.05, 0) is 43.5 Å². The Morgan fingerprint density at radius 1 is 1.29 bits per heavy atom. The van der Waals surface area contributed by atoms with E-state index < -0.39 is 0 Å². The Hall–Kier alpha value is -1.68. The molecule has 0 aliphatic heterocycles. The lowest BCUT2D eigenvalue weighted by Gasteiger charge is -2.18. The third-order valence-electron chi connectivity index (χ3n) is 3.66. The molecule has 1 heterocycles. The van der Waals surface area contributed by atoms with Crippen molar-refractivity contribution in [1.29, 1.82) is 0 Å². The van der Waals surface area contributed by atoms with Gasteiger partial charge in [0.25, 0.3) is 0 Å². The standard InChI is InChI=1S/C17H24FN3/c1-3-9-19-12-15(16-7-5-6-8-17(16)18)10-14-11-20-21(4-2)13-14/h5-8,11,13,15,19H,3-4,9-10,12H2,1-2H3. The summed E-state index contributed by atoms with van der Waals surface area (Å²) in [5.74, 6) is 0.0101. The molecule has 114 valence electrons. The molecule has 2 aromatic rings. The van der Waals surface area contributed by atoms with Crippen molar-refractivity contribution in [2.45, 2.75) is 39.2 Å². The van der Waals surface area contributed by atoms with E-state index in [9.17, 15) is 4.39 Å². The quantitative estimate of drug-likeness (QED) is 0.755. The van der Waals surface area contributed by atoms with Gasteiger partial charge in [-0.25, -0.2) is 4.39 Å². The summed E-state index contributed by atoms with van der Waals surface area (Å²) < 4.78 is 16.0. The topological polar surface area (TPSA) is 29.9 Å². The van der Waals surface area contributed by atoms with Crippen LogP contribution in [0.4, 0.5) is 4.39 Å². The Morgan fingerprint density at radius 3 is 2.76 bits per heavy atom. The number of benzene rings is 1. The molecule has 21 heavy (non-hydrogen) atoms. The SMILES string of the molecule is CCCNCC(Cc1cnn(CC)c1)c1ccccc1F. The molecule has 1 atom stereocenters. The Kier molecular flexibility index (Phi) is 5.93. The van der Waals surface area contributed by atoms with Gasteiger partial charge in [-0.3, -0.25) is 4.68 Å². The zero-order valence-electron chi connectivity index (χ0n) is 12.8. The summed E-state index contributed by atoms with van der Waals surface area (Å²) in [5, 5.41) is 7.71. The van der Waals surface area contributed by atoms with Gasteiger partial charge in [0.2, 0.25) is 0 Å². The average molecular weight is 289 g/mol. The molecule has 1 aromatic carbocycles. The van der Waals surface area contributed by atoms with E-state index in [0.29, 0.717) is 0 Å². The fourth-order valence-electron chi connectivity index (χ4n) is 2.52. The third-order valence-corrected chi connectivity index (χ3v) is 3.66. The molecule has 0 radical (unpaired) electrons. The summed E-state index contributed by atoms with van der Waals surface area (Å²) in [6.45, 7) is 6.80. The van der Waals surface area contributed by atoms with Crippen molar-refractivity contribution in [3.8, 4) is 0 Å². The highest BCUT2D eigenvalue weighted by Crippen LogP contribution is 2.23. The monoisotopic (exact) mass is 289 g/mol. The maximum absolute atomic E-state index is 14.1. The summed E-state index contributed by atoms with van der Waals surface area (Å²) in [7, 11) is 0. The molecule has 3 nitrogen and oxygen atoms in total. The van der Waals surface area contributed by atoms with Crippen LogP contribution in [0.25, 0.3) is 0 Å². The Balaban J connectivity index is 2.13. The normalized spacial score (nSPS) is 12.5. The van der Waals surface area contributed by atoms with Crippen LogP contribution < -0.4 is 5.32 Å². The van der Waals surface area contributed by atoms with Crippen molar-refractivity contribution >= 4 is 0 Å². The van der Waals surface area contributed by atoms with Gasteiger partial charge in [0.05, 0.1) is 6.20 Å². The second-order valence-corrected chi connectivity index (χ2v) is 5.33. The van der Waals surface area contributed by atoms with Crippen molar-refractivity contribution in [2.24, 2.45) is 0 Å². The molecule has 2 rings (SSSR count). The first kappa shape index (κ1) is 15.7. The van der Waals surface area contributed by atoms with Gasteiger partial charge in [-0.1, -0.05) is 25.1 Å². The Labute approximate surface area is 126 Å². The number of aromatic nitrogens is 2. The predicted octanol–water partition coefficient (Wildman–Crippen LogP) is 3.37. The molecular weight excluding hydrogens is 265 g/mol. The molecule has 1 unspecified atom stereocenters. The van der Waals surface area contributed by atoms with E-state index >= 15 is 0 Å². The number of halogens is 1. The third kappa shape index (κ3) is 4.39. The maximum atomic E-state index is 14.1. The summed E-state index contributed by atoms with van der Waals surface area (Å²) >= 11 is 0. The molecule has 0 fully saturated rings. The van der Waals surface area contributed by atoms with Crippen LogP contribution in [0.1, 0.15) is 37.3 Å². The molecule has 0 saturated carbocycles. The molecular formula is C17H24FN3. The van der Waals surface area contributed by atoms with Crippen molar-refractivity contribution < 1.29 is 4.39 Å². The largest absolute Gasteiger partial charge is 0.316 e. The molecule has 0 saturated heterocycles. The van der Waals surface area contributed by atoms with Crippen LogP contribution in [0.15, 0.2) is 36.7 Å². The first-order valence-corrected chi connectivity index (χ1v) is 7.71. The first-order chi connectivity index (χ1) is 10.2. The van der Waals surface area contributed by atoms with E-state index in [-0.39, 0.29) is 11.7 Å². The smallest absolute Gasteiger partial charge is 0.126 e.